The van der Waals surface area contributed by atoms with Crippen LogP contribution in [0.25, 0.3) is 0 Å². The van der Waals surface area contributed by atoms with Crippen molar-refractivity contribution >= 4 is 5.96 Å². The van der Waals surface area contributed by atoms with E-state index in [1.165, 1.54) is 5.56 Å². The summed E-state index contributed by atoms with van der Waals surface area (Å²) in [5, 5.41) is 7.07. The minimum absolute atomic E-state index is 0.0928. The van der Waals surface area contributed by atoms with Crippen LogP contribution >= 0.6 is 0 Å². The highest BCUT2D eigenvalue weighted by Crippen LogP contribution is 2.32. The fraction of sp³-hybridized carbons (Fsp3) is 0.591. The fourth-order valence-corrected chi connectivity index (χ4v) is 3.49. The van der Waals surface area contributed by atoms with E-state index in [0.29, 0.717) is 6.04 Å². The number of likely N-dealkylation sites (tertiary alicyclic amines) is 1. The summed E-state index contributed by atoms with van der Waals surface area (Å²) in [6, 6.07) is 6.55. The molecule has 1 aliphatic rings. The molecule has 1 aromatic carbocycles. The number of hydrogen-bond donors (Lipinski definition) is 2. The largest absolute Gasteiger partial charge is 0.493 e. The van der Waals surface area contributed by atoms with Crippen molar-refractivity contribution in [3.63, 3.8) is 0 Å². The molecule has 0 unspecified atom stereocenters. The van der Waals surface area contributed by atoms with E-state index in [0.717, 1.165) is 56.5 Å². The van der Waals surface area contributed by atoms with Gasteiger partial charge in [-0.05, 0) is 30.5 Å². The molecule has 0 saturated carbocycles. The molecule has 156 valence electrons. The van der Waals surface area contributed by atoms with Crippen molar-refractivity contribution in [2.75, 3.05) is 47.4 Å². The van der Waals surface area contributed by atoms with Crippen LogP contribution in [-0.4, -0.2) is 64.3 Å². The van der Waals surface area contributed by atoms with Gasteiger partial charge in [0.05, 0.1) is 14.2 Å². The van der Waals surface area contributed by atoms with Gasteiger partial charge in [0.15, 0.2) is 17.5 Å². The normalized spacial score (nSPS) is 16.5. The van der Waals surface area contributed by atoms with Gasteiger partial charge in [0, 0.05) is 44.7 Å². The molecule has 1 heterocycles. The number of aliphatic imine (C=N–C) groups is 1. The molecule has 1 saturated heterocycles. The molecule has 2 rings (SSSR count). The Morgan fingerprint density at radius 2 is 1.93 bits per heavy atom. The minimum atomic E-state index is -0.0928. The summed E-state index contributed by atoms with van der Waals surface area (Å²) in [7, 11) is 5.15. The minimum Gasteiger partial charge on any atom is -0.493 e. The Kier molecular flexibility index (Phi) is 8.18. The first-order valence-corrected chi connectivity index (χ1v) is 9.96. The number of rotatable bonds is 8. The van der Waals surface area contributed by atoms with Crippen LogP contribution in [0.15, 0.2) is 35.8 Å². The summed E-state index contributed by atoms with van der Waals surface area (Å²) in [6.45, 7) is 12.2. The molecular weight excluding hydrogens is 352 g/mol. The van der Waals surface area contributed by atoms with Crippen molar-refractivity contribution in [3.05, 3.63) is 36.4 Å². The lowest BCUT2D eigenvalue weighted by Gasteiger charge is -2.33. The third kappa shape index (κ3) is 5.89. The van der Waals surface area contributed by atoms with Crippen LogP contribution in [0.2, 0.25) is 0 Å². The van der Waals surface area contributed by atoms with Crippen molar-refractivity contribution in [3.8, 4) is 11.5 Å². The van der Waals surface area contributed by atoms with Crippen molar-refractivity contribution in [2.45, 2.75) is 38.1 Å². The van der Waals surface area contributed by atoms with Crippen molar-refractivity contribution in [1.29, 1.82) is 0 Å². The molecule has 0 aromatic heterocycles. The van der Waals surface area contributed by atoms with Crippen LogP contribution in [0.5, 0.6) is 11.5 Å². The van der Waals surface area contributed by atoms with E-state index in [4.69, 9.17) is 9.47 Å². The Morgan fingerprint density at radius 1 is 1.25 bits per heavy atom. The van der Waals surface area contributed by atoms with Gasteiger partial charge in [-0.1, -0.05) is 26.0 Å². The number of nitrogens with one attached hydrogen (secondary N) is 2. The molecule has 6 heteroatoms. The van der Waals surface area contributed by atoms with Gasteiger partial charge < -0.3 is 20.1 Å². The summed E-state index contributed by atoms with van der Waals surface area (Å²) in [6.07, 6.45) is 4.21. The Hall–Kier alpha value is -2.21. The van der Waals surface area contributed by atoms with Crippen LogP contribution in [0.4, 0.5) is 0 Å². The maximum atomic E-state index is 5.45. The summed E-state index contributed by atoms with van der Waals surface area (Å²) in [5.74, 6) is 2.35. The zero-order chi connectivity index (χ0) is 20.6. The summed E-state index contributed by atoms with van der Waals surface area (Å²) >= 11 is 0. The summed E-state index contributed by atoms with van der Waals surface area (Å²) in [4.78, 5) is 6.85. The molecule has 6 nitrogen and oxygen atoms in total. The average Bonchev–Trinajstić information content (AvgIpc) is 2.72. The Bertz CT molecular complexity index is 665. The predicted molar refractivity (Wildman–Crippen MR) is 117 cm³/mol. The molecule has 28 heavy (non-hydrogen) atoms. The highest BCUT2D eigenvalue weighted by Gasteiger charge is 2.24. The molecule has 0 radical (unpaired) electrons. The van der Waals surface area contributed by atoms with Crippen molar-refractivity contribution in [2.24, 2.45) is 4.99 Å². The predicted octanol–water partition coefficient (Wildman–Crippen LogP) is 2.80. The van der Waals surface area contributed by atoms with E-state index in [1.807, 2.05) is 25.3 Å². The van der Waals surface area contributed by atoms with Gasteiger partial charge in [0.1, 0.15) is 0 Å². The average molecular weight is 389 g/mol. The van der Waals surface area contributed by atoms with Gasteiger partial charge in [-0.3, -0.25) is 9.89 Å². The van der Waals surface area contributed by atoms with Crippen LogP contribution in [0.3, 0.4) is 0 Å². The zero-order valence-corrected chi connectivity index (χ0v) is 18.0. The van der Waals surface area contributed by atoms with Crippen LogP contribution in [0.1, 0.15) is 32.3 Å². The van der Waals surface area contributed by atoms with Crippen LogP contribution in [-0.2, 0) is 5.41 Å². The maximum Gasteiger partial charge on any atom is 0.191 e. The molecular formula is C22H36N4O2. The van der Waals surface area contributed by atoms with E-state index in [9.17, 15) is 0 Å². The molecule has 1 fully saturated rings. The number of nitrogens with zero attached hydrogens (tertiary/aromatic N) is 2. The van der Waals surface area contributed by atoms with E-state index in [1.54, 1.807) is 14.2 Å². The topological polar surface area (TPSA) is 58.1 Å². The number of piperidine rings is 1. The monoisotopic (exact) mass is 388 g/mol. The smallest absolute Gasteiger partial charge is 0.191 e. The van der Waals surface area contributed by atoms with Gasteiger partial charge in [-0.2, -0.15) is 0 Å². The van der Waals surface area contributed by atoms with Gasteiger partial charge in [0.2, 0.25) is 0 Å². The lowest BCUT2D eigenvalue weighted by Crippen LogP contribution is -2.50. The Morgan fingerprint density at radius 3 is 2.50 bits per heavy atom. The lowest BCUT2D eigenvalue weighted by molar-refractivity contribution is 0.225. The summed E-state index contributed by atoms with van der Waals surface area (Å²) < 4.78 is 10.8. The molecule has 0 aliphatic carbocycles. The highest BCUT2D eigenvalue weighted by atomic mass is 16.5. The van der Waals surface area contributed by atoms with Crippen LogP contribution < -0.4 is 20.1 Å². The number of ether oxygens (including phenoxy) is 2. The Balaban J connectivity index is 1.92. The third-order valence-corrected chi connectivity index (χ3v) is 5.40. The molecule has 1 aliphatic heterocycles. The zero-order valence-electron chi connectivity index (χ0n) is 18.0. The first-order valence-electron chi connectivity index (χ1n) is 9.96. The second-order valence-corrected chi connectivity index (χ2v) is 7.89. The third-order valence-electron chi connectivity index (χ3n) is 5.40. The van der Waals surface area contributed by atoms with E-state index < -0.39 is 0 Å². The first-order chi connectivity index (χ1) is 13.4. The maximum absolute atomic E-state index is 5.45. The first kappa shape index (κ1) is 22.1. The number of methoxy groups -OCH3 is 2. The highest BCUT2D eigenvalue weighted by molar-refractivity contribution is 5.80. The van der Waals surface area contributed by atoms with Gasteiger partial charge in [-0.25, -0.2) is 0 Å². The molecule has 0 bridgehead atoms. The molecule has 0 amide bonds. The molecule has 0 atom stereocenters. The quantitative estimate of drug-likeness (QED) is 0.407. The SMILES string of the molecule is C=CCN1CCC(NC(=NC)NCC(C)(C)c2ccc(OC)c(OC)c2)CC1. The van der Waals surface area contributed by atoms with Gasteiger partial charge in [-0.15, -0.1) is 6.58 Å². The fourth-order valence-electron chi connectivity index (χ4n) is 3.49. The van der Waals surface area contributed by atoms with E-state index in [2.05, 4.69) is 47.0 Å². The molecule has 2 N–H and O–H groups in total. The van der Waals surface area contributed by atoms with E-state index >= 15 is 0 Å². The Labute approximate surface area is 170 Å². The number of guanidine groups is 1. The van der Waals surface area contributed by atoms with Gasteiger partial charge in [0.25, 0.3) is 0 Å². The van der Waals surface area contributed by atoms with Crippen molar-refractivity contribution in [1.82, 2.24) is 15.5 Å². The second-order valence-electron chi connectivity index (χ2n) is 7.89. The summed E-state index contributed by atoms with van der Waals surface area (Å²) in [5.41, 5.74) is 1.09. The molecule has 0 spiro atoms. The van der Waals surface area contributed by atoms with E-state index in [-0.39, 0.29) is 5.41 Å². The van der Waals surface area contributed by atoms with Crippen LogP contribution in [0, 0.1) is 0 Å². The second kappa shape index (κ2) is 10.4. The van der Waals surface area contributed by atoms with Crippen molar-refractivity contribution < 1.29 is 9.47 Å². The standard InChI is InChI=1S/C22H36N4O2/c1-7-12-26-13-10-18(11-14-26)25-21(23-4)24-16-22(2,3)17-8-9-19(27-5)20(15-17)28-6/h7-9,15,18H,1,10-14,16H2,2-6H3,(H2,23,24,25). The number of benzene rings is 1. The number of hydrogen-bond acceptors (Lipinski definition) is 4. The lowest BCUT2D eigenvalue weighted by atomic mass is 9.84. The van der Waals surface area contributed by atoms with Gasteiger partial charge >= 0.3 is 0 Å². The molecule has 1 aromatic rings.